The van der Waals surface area contributed by atoms with E-state index in [9.17, 15) is 9.59 Å². The van der Waals surface area contributed by atoms with Crippen molar-refractivity contribution in [2.24, 2.45) is 0 Å². The first kappa shape index (κ1) is 15.2. The summed E-state index contributed by atoms with van der Waals surface area (Å²) in [5.41, 5.74) is 6.59. The number of carboxylic acid groups (broad SMARTS) is 1. The largest absolute Gasteiger partial charge is 0.480 e. The van der Waals surface area contributed by atoms with Crippen LogP contribution in [0.3, 0.4) is 0 Å². The molecule has 0 aliphatic rings. The number of rotatable bonds is 6. The van der Waals surface area contributed by atoms with E-state index >= 15 is 0 Å². The predicted octanol–water partition coefficient (Wildman–Crippen LogP) is 0.452. The molecule has 1 aromatic heterocycles. The highest BCUT2D eigenvalue weighted by molar-refractivity contribution is 5.99. The first-order chi connectivity index (χ1) is 10.6. The monoisotopic (exact) mass is 302 g/mol. The zero-order valence-electron chi connectivity index (χ0n) is 11.5. The summed E-state index contributed by atoms with van der Waals surface area (Å²) in [4.78, 5) is 29.8. The average molecular weight is 302 g/mol. The highest BCUT2D eigenvalue weighted by Crippen LogP contribution is 2.13. The molecule has 0 atom stereocenters. The smallest absolute Gasteiger partial charge is 0.322 e. The summed E-state index contributed by atoms with van der Waals surface area (Å²) >= 11 is 0. The number of aliphatic carboxylic acids is 1. The molecule has 1 amide bonds. The molecular formula is C14H14N4O4. The summed E-state index contributed by atoms with van der Waals surface area (Å²) in [7, 11) is 0. The number of hydrogen-bond donors (Lipinski definition) is 3. The van der Waals surface area contributed by atoms with Crippen LogP contribution in [0.15, 0.2) is 36.5 Å². The van der Waals surface area contributed by atoms with Gasteiger partial charge in [0, 0.05) is 6.20 Å². The van der Waals surface area contributed by atoms with E-state index in [0.29, 0.717) is 0 Å². The lowest BCUT2D eigenvalue weighted by atomic mass is 10.2. The van der Waals surface area contributed by atoms with Crippen molar-refractivity contribution in [2.45, 2.75) is 6.61 Å². The molecule has 2 aromatic rings. The Morgan fingerprint density at radius 2 is 2.00 bits per heavy atom. The molecule has 0 bridgehead atoms. The van der Waals surface area contributed by atoms with E-state index in [0.717, 1.165) is 5.56 Å². The number of carboxylic acids is 1. The maximum absolute atomic E-state index is 11.7. The highest BCUT2D eigenvalue weighted by Gasteiger charge is 2.14. The van der Waals surface area contributed by atoms with Gasteiger partial charge in [-0.2, -0.15) is 4.98 Å². The summed E-state index contributed by atoms with van der Waals surface area (Å²) < 4.78 is 5.38. The second-order valence-electron chi connectivity index (χ2n) is 4.30. The van der Waals surface area contributed by atoms with Crippen LogP contribution in [0.5, 0.6) is 6.01 Å². The van der Waals surface area contributed by atoms with Gasteiger partial charge in [-0.1, -0.05) is 30.3 Å². The van der Waals surface area contributed by atoms with E-state index in [-0.39, 0.29) is 24.0 Å². The zero-order chi connectivity index (χ0) is 15.9. The van der Waals surface area contributed by atoms with Gasteiger partial charge in [-0.15, -0.1) is 0 Å². The molecule has 0 spiro atoms. The number of anilines is 1. The van der Waals surface area contributed by atoms with Gasteiger partial charge in [0.05, 0.1) is 0 Å². The van der Waals surface area contributed by atoms with Crippen LogP contribution in [0.1, 0.15) is 15.9 Å². The minimum atomic E-state index is -1.16. The fraction of sp³-hybridized carbons (Fsp3) is 0.143. The van der Waals surface area contributed by atoms with Gasteiger partial charge in [-0.25, -0.2) is 4.98 Å². The molecule has 0 aliphatic carbocycles. The third-order valence-corrected chi connectivity index (χ3v) is 2.65. The van der Waals surface area contributed by atoms with Gasteiger partial charge in [-0.3, -0.25) is 9.59 Å². The van der Waals surface area contributed by atoms with E-state index in [4.69, 9.17) is 15.6 Å². The molecular weight excluding hydrogens is 288 g/mol. The van der Waals surface area contributed by atoms with E-state index in [1.54, 1.807) is 0 Å². The molecule has 0 saturated carbocycles. The molecule has 1 heterocycles. The van der Waals surface area contributed by atoms with Crippen molar-refractivity contribution in [3.05, 3.63) is 47.7 Å². The number of hydrogen-bond acceptors (Lipinski definition) is 6. The summed E-state index contributed by atoms with van der Waals surface area (Å²) in [6.45, 7) is -0.241. The van der Waals surface area contributed by atoms with Gasteiger partial charge in [0.1, 0.15) is 24.5 Å². The minimum Gasteiger partial charge on any atom is -0.480 e. The number of nitrogens with two attached hydrogens (primary N) is 1. The molecule has 0 unspecified atom stereocenters. The highest BCUT2D eigenvalue weighted by atomic mass is 16.5. The molecule has 114 valence electrons. The van der Waals surface area contributed by atoms with Crippen molar-refractivity contribution in [2.75, 3.05) is 12.3 Å². The van der Waals surface area contributed by atoms with Crippen molar-refractivity contribution in [3.8, 4) is 6.01 Å². The normalized spacial score (nSPS) is 10.0. The maximum atomic E-state index is 11.7. The van der Waals surface area contributed by atoms with Crippen molar-refractivity contribution >= 4 is 17.7 Å². The Kier molecular flexibility index (Phi) is 4.86. The number of nitrogens with one attached hydrogen (secondary N) is 1. The predicted molar refractivity (Wildman–Crippen MR) is 77.2 cm³/mol. The van der Waals surface area contributed by atoms with E-state index < -0.39 is 18.4 Å². The average Bonchev–Trinajstić information content (AvgIpc) is 2.51. The third kappa shape index (κ3) is 4.17. The van der Waals surface area contributed by atoms with Gasteiger partial charge in [0.2, 0.25) is 0 Å². The number of carbonyl (C=O) groups is 2. The Labute approximate surface area is 126 Å². The Balaban J connectivity index is 2.00. The summed E-state index contributed by atoms with van der Waals surface area (Å²) in [5, 5.41) is 10.7. The quantitative estimate of drug-likeness (QED) is 0.707. The van der Waals surface area contributed by atoms with Crippen LogP contribution in [0.25, 0.3) is 0 Å². The van der Waals surface area contributed by atoms with Gasteiger partial charge >= 0.3 is 12.0 Å². The second kappa shape index (κ2) is 7.02. The van der Waals surface area contributed by atoms with Crippen LogP contribution in [-0.2, 0) is 11.4 Å². The van der Waals surface area contributed by atoms with Crippen molar-refractivity contribution in [1.82, 2.24) is 15.3 Å². The topological polar surface area (TPSA) is 127 Å². The fourth-order valence-corrected chi connectivity index (χ4v) is 1.60. The Bertz CT molecular complexity index is 676. The number of aromatic nitrogens is 2. The lowest BCUT2D eigenvalue weighted by molar-refractivity contribution is -0.135. The molecule has 0 fully saturated rings. The van der Waals surface area contributed by atoms with Crippen LogP contribution in [-0.4, -0.2) is 33.5 Å². The first-order valence-corrected chi connectivity index (χ1v) is 6.35. The number of amides is 1. The van der Waals surface area contributed by atoms with Crippen LogP contribution in [0.2, 0.25) is 0 Å². The number of nitrogens with zero attached hydrogens (tertiary/aromatic N) is 2. The van der Waals surface area contributed by atoms with Crippen molar-refractivity contribution in [1.29, 1.82) is 0 Å². The standard InChI is InChI=1S/C14H14N4O4/c15-12-10(13(21)16-7-11(19)20)6-17-14(18-12)22-8-9-4-2-1-3-5-9/h1-6H,7-8H2,(H,16,21)(H,19,20)(H2,15,17,18). The van der Waals surface area contributed by atoms with Gasteiger partial charge < -0.3 is 20.9 Å². The Hall–Kier alpha value is -3.16. The maximum Gasteiger partial charge on any atom is 0.322 e. The SMILES string of the molecule is Nc1nc(OCc2ccccc2)ncc1C(=O)NCC(=O)O. The Morgan fingerprint density at radius 1 is 1.27 bits per heavy atom. The molecule has 0 aliphatic heterocycles. The lowest BCUT2D eigenvalue weighted by Crippen LogP contribution is -2.30. The number of nitrogen functional groups attached to an aromatic ring is 1. The molecule has 8 nitrogen and oxygen atoms in total. The van der Waals surface area contributed by atoms with Crippen molar-refractivity contribution < 1.29 is 19.4 Å². The molecule has 1 aromatic carbocycles. The Morgan fingerprint density at radius 3 is 2.64 bits per heavy atom. The van der Waals surface area contributed by atoms with E-state index in [1.165, 1.54) is 6.20 Å². The molecule has 4 N–H and O–H groups in total. The number of benzene rings is 1. The number of ether oxygens (including phenoxy) is 1. The third-order valence-electron chi connectivity index (χ3n) is 2.65. The van der Waals surface area contributed by atoms with E-state index in [2.05, 4.69) is 15.3 Å². The molecule has 22 heavy (non-hydrogen) atoms. The van der Waals surface area contributed by atoms with Gasteiger partial charge in [0.15, 0.2) is 0 Å². The minimum absolute atomic E-state index is 0.00619. The number of carbonyl (C=O) groups excluding carboxylic acids is 1. The molecule has 2 rings (SSSR count). The summed E-state index contributed by atoms with van der Waals surface area (Å²) in [6.07, 6.45) is 1.19. The second-order valence-corrected chi connectivity index (χ2v) is 4.30. The molecule has 8 heteroatoms. The zero-order valence-corrected chi connectivity index (χ0v) is 11.5. The fourth-order valence-electron chi connectivity index (χ4n) is 1.60. The van der Waals surface area contributed by atoms with Crippen LogP contribution in [0.4, 0.5) is 5.82 Å². The lowest BCUT2D eigenvalue weighted by Gasteiger charge is -2.08. The molecule has 0 radical (unpaired) electrons. The van der Waals surface area contributed by atoms with Crippen LogP contribution < -0.4 is 15.8 Å². The first-order valence-electron chi connectivity index (χ1n) is 6.35. The van der Waals surface area contributed by atoms with Gasteiger partial charge in [-0.05, 0) is 5.56 Å². The summed E-state index contributed by atoms with van der Waals surface area (Å²) in [5.74, 6) is -1.90. The van der Waals surface area contributed by atoms with Crippen LogP contribution in [0, 0.1) is 0 Å². The van der Waals surface area contributed by atoms with Crippen molar-refractivity contribution in [3.63, 3.8) is 0 Å². The van der Waals surface area contributed by atoms with E-state index in [1.807, 2.05) is 30.3 Å². The van der Waals surface area contributed by atoms with Gasteiger partial charge in [0.25, 0.3) is 5.91 Å². The van der Waals surface area contributed by atoms with Crippen LogP contribution >= 0.6 is 0 Å². The summed E-state index contributed by atoms with van der Waals surface area (Å²) in [6, 6.07) is 9.46. The molecule has 0 saturated heterocycles.